The molecule has 1 amide bonds. The Morgan fingerprint density at radius 3 is 2.94 bits per heavy atom. The highest BCUT2D eigenvalue weighted by Gasteiger charge is 2.19. The van der Waals surface area contributed by atoms with Crippen molar-refractivity contribution in [2.24, 2.45) is 0 Å². The molecule has 1 heterocycles. The van der Waals surface area contributed by atoms with Gasteiger partial charge in [0, 0.05) is 17.5 Å². The number of aliphatic hydroxyl groups excluding tert-OH is 1. The van der Waals surface area contributed by atoms with Crippen LogP contribution < -0.4 is 10.1 Å². The summed E-state index contributed by atoms with van der Waals surface area (Å²) in [5, 5.41) is 12.0. The molecule has 0 spiro atoms. The lowest BCUT2D eigenvalue weighted by Gasteiger charge is -2.21. The smallest absolute Gasteiger partial charge is 0.255 e. The van der Waals surface area contributed by atoms with E-state index in [1.54, 1.807) is 12.3 Å². The number of aromatic nitrogens is 1. The van der Waals surface area contributed by atoms with Crippen molar-refractivity contribution >= 4 is 17.7 Å². The van der Waals surface area contributed by atoms with Crippen molar-refractivity contribution in [2.45, 2.75) is 18.2 Å². The summed E-state index contributed by atoms with van der Waals surface area (Å²) < 4.78 is 5.08. The van der Waals surface area contributed by atoms with Gasteiger partial charge in [-0.1, -0.05) is 0 Å². The van der Waals surface area contributed by atoms with Crippen molar-refractivity contribution in [3.63, 3.8) is 0 Å². The van der Waals surface area contributed by atoms with Gasteiger partial charge in [-0.05, 0) is 19.2 Å². The summed E-state index contributed by atoms with van der Waals surface area (Å²) in [6.07, 6.45) is 4.94. The van der Waals surface area contributed by atoms with Gasteiger partial charge < -0.3 is 15.2 Å². The predicted molar refractivity (Wildman–Crippen MR) is 72.1 cm³/mol. The van der Waals surface area contributed by atoms with Crippen molar-refractivity contribution in [3.05, 3.63) is 24.0 Å². The van der Waals surface area contributed by atoms with E-state index in [9.17, 15) is 9.90 Å². The predicted octanol–water partition coefficient (Wildman–Crippen LogP) is 0.932. The summed E-state index contributed by atoms with van der Waals surface area (Å²) in [5.41, 5.74) is 0.442. The summed E-state index contributed by atoms with van der Waals surface area (Å²) in [4.78, 5) is 16.0. The molecule has 100 valence electrons. The quantitative estimate of drug-likeness (QED) is 0.804. The molecule has 0 aromatic carbocycles. The highest BCUT2D eigenvalue weighted by atomic mass is 32.2. The Kier molecular flexibility index (Phi) is 5.94. The van der Waals surface area contributed by atoms with Crippen LogP contribution in [0.25, 0.3) is 0 Å². The number of hydrogen-bond acceptors (Lipinski definition) is 5. The summed E-state index contributed by atoms with van der Waals surface area (Å²) >= 11 is 1.52. The van der Waals surface area contributed by atoms with Gasteiger partial charge >= 0.3 is 0 Å². The average Bonchev–Trinajstić information content (AvgIpc) is 2.40. The molecule has 0 saturated carbocycles. The molecule has 0 radical (unpaired) electrons. The first-order chi connectivity index (χ1) is 8.63. The Balaban J connectivity index is 2.76. The van der Waals surface area contributed by atoms with Crippen molar-refractivity contribution in [2.75, 3.05) is 20.0 Å². The molecule has 2 atom stereocenters. The van der Waals surface area contributed by atoms with Gasteiger partial charge in [-0.15, -0.1) is 0 Å². The molecule has 1 rings (SSSR count). The van der Waals surface area contributed by atoms with E-state index < -0.39 is 0 Å². The van der Waals surface area contributed by atoms with E-state index in [-0.39, 0.29) is 23.8 Å². The molecular formula is C12H18N2O3S. The zero-order valence-electron chi connectivity index (χ0n) is 10.7. The number of thioether (sulfide) groups is 1. The van der Waals surface area contributed by atoms with Gasteiger partial charge in [-0.25, -0.2) is 0 Å². The minimum Gasteiger partial charge on any atom is -0.494 e. The number of carbonyl (C=O) groups is 1. The molecule has 2 unspecified atom stereocenters. The molecular weight excluding hydrogens is 252 g/mol. The second-order valence-electron chi connectivity index (χ2n) is 3.79. The van der Waals surface area contributed by atoms with Gasteiger partial charge in [0.2, 0.25) is 0 Å². The summed E-state index contributed by atoms with van der Waals surface area (Å²) in [6, 6.07) is 1.48. The third-order valence-electron chi connectivity index (χ3n) is 2.65. The van der Waals surface area contributed by atoms with Gasteiger partial charge in [0.05, 0.1) is 25.5 Å². The fourth-order valence-corrected chi connectivity index (χ4v) is 2.17. The lowest BCUT2D eigenvalue weighted by Crippen LogP contribution is -2.41. The Labute approximate surface area is 111 Å². The van der Waals surface area contributed by atoms with Crippen molar-refractivity contribution in [1.29, 1.82) is 0 Å². The highest BCUT2D eigenvalue weighted by molar-refractivity contribution is 7.99. The van der Waals surface area contributed by atoms with E-state index in [1.165, 1.54) is 25.1 Å². The van der Waals surface area contributed by atoms with Crippen molar-refractivity contribution < 1.29 is 14.6 Å². The number of pyridine rings is 1. The largest absolute Gasteiger partial charge is 0.494 e. The number of carbonyl (C=O) groups excluding carboxylic acids is 1. The van der Waals surface area contributed by atoms with E-state index in [4.69, 9.17) is 4.74 Å². The standard InChI is InChI=1S/C12H18N2O3S/c1-8(11(7-15)18-3)14-12(16)9-4-5-13-6-10(9)17-2/h4-6,8,11,15H,7H2,1-3H3,(H,14,16). The minimum absolute atomic E-state index is 0.0239. The van der Waals surface area contributed by atoms with Gasteiger partial charge in [0.25, 0.3) is 5.91 Å². The fourth-order valence-electron chi connectivity index (χ4n) is 1.54. The molecule has 5 nitrogen and oxygen atoms in total. The zero-order chi connectivity index (χ0) is 13.5. The first kappa shape index (κ1) is 14.8. The summed E-state index contributed by atoms with van der Waals surface area (Å²) in [6.45, 7) is 1.89. The van der Waals surface area contributed by atoms with Crippen molar-refractivity contribution in [1.82, 2.24) is 10.3 Å². The van der Waals surface area contributed by atoms with Crippen LogP contribution in [0.15, 0.2) is 18.5 Å². The van der Waals surface area contributed by atoms with Gasteiger partial charge in [-0.3, -0.25) is 9.78 Å². The topological polar surface area (TPSA) is 71.5 Å². The molecule has 2 N–H and O–H groups in total. The average molecular weight is 270 g/mol. The third kappa shape index (κ3) is 3.61. The van der Waals surface area contributed by atoms with Gasteiger partial charge in [0.15, 0.2) is 0 Å². The monoisotopic (exact) mass is 270 g/mol. The molecule has 6 heteroatoms. The molecule has 1 aromatic rings. The summed E-state index contributed by atoms with van der Waals surface area (Å²) in [5.74, 6) is 0.209. The van der Waals surface area contributed by atoms with E-state index in [1.807, 2.05) is 13.2 Å². The molecule has 0 saturated heterocycles. The number of rotatable bonds is 6. The highest BCUT2D eigenvalue weighted by Crippen LogP contribution is 2.17. The van der Waals surface area contributed by atoms with Crippen LogP contribution in [0.3, 0.4) is 0 Å². The van der Waals surface area contributed by atoms with Crippen LogP contribution in [0, 0.1) is 0 Å². The normalized spacial score (nSPS) is 13.8. The molecule has 1 aromatic heterocycles. The van der Waals surface area contributed by atoms with Crippen LogP contribution in [0.4, 0.5) is 0 Å². The maximum atomic E-state index is 12.1. The maximum Gasteiger partial charge on any atom is 0.255 e. The molecule has 0 fully saturated rings. The van der Waals surface area contributed by atoms with Crippen LogP contribution in [-0.2, 0) is 0 Å². The van der Waals surface area contributed by atoms with Crippen LogP contribution in [-0.4, -0.2) is 47.3 Å². The van der Waals surface area contributed by atoms with Gasteiger partial charge in [-0.2, -0.15) is 11.8 Å². The number of methoxy groups -OCH3 is 1. The van der Waals surface area contributed by atoms with Crippen LogP contribution in [0.5, 0.6) is 5.75 Å². The van der Waals surface area contributed by atoms with E-state index in [0.29, 0.717) is 11.3 Å². The number of amides is 1. The minimum atomic E-state index is -0.228. The molecule has 0 aliphatic heterocycles. The second-order valence-corrected chi connectivity index (χ2v) is 4.87. The summed E-state index contributed by atoms with van der Waals surface area (Å²) in [7, 11) is 1.50. The lowest BCUT2D eigenvalue weighted by atomic mass is 10.2. The molecule has 0 aliphatic carbocycles. The van der Waals surface area contributed by atoms with Crippen molar-refractivity contribution in [3.8, 4) is 5.75 Å². The molecule has 0 bridgehead atoms. The Morgan fingerprint density at radius 1 is 1.67 bits per heavy atom. The number of nitrogens with one attached hydrogen (secondary N) is 1. The Morgan fingerprint density at radius 2 is 2.39 bits per heavy atom. The van der Waals surface area contributed by atoms with Crippen LogP contribution >= 0.6 is 11.8 Å². The third-order valence-corrected chi connectivity index (χ3v) is 3.81. The number of aliphatic hydroxyl groups is 1. The zero-order valence-corrected chi connectivity index (χ0v) is 11.5. The van der Waals surface area contributed by atoms with E-state index in [0.717, 1.165) is 0 Å². The van der Waals surface area contributed by atoms with Crippen LogP contribution in [0.2, 0.25) is 0 Å². The Hall–Kier alpha value is -1.27. The SMILES string of the molecule is COc1cnccc1C(=O)NC(C)C(CO)SC. The van der Waals surface area contributed by atoms with Crippen LogP contribution in [0.1, 0.15) is 17.3 Å². The fraction of sp³-hybridized carbons (Fsp3) is 0.500. The van der Waals surface area contributed by atoms with Gasteiger partial charge in [0.1, 0.15) is 5.75 Å². The lowest BCUT2D eigenvalue weighted by molar-refractivity contribution is 0.0932. The van der Waals surface area contributed by atoms with E-state index in [2.05, 4.69) is 10.3 Å². The maximum absolute atomic E-state index is 12.1. The van der Waals surface area contributed by atoms with E-state index >= 15 is 0 Å². The first-order valence-electron chi connectivity index (χ1n) is 5.56. The number of ether oxygens (including phenoxy) is 1. The Bertz CT molecular complexity index is 397. The molecule has 18 heavy (non-hydrogen) atoms. The first-order valence-corrected chi connectivity index (χ1v) is 6.85. The number of hydrogen-bond donors (Lipinski definition) is 2. The number of nitrogens with zero attached hydrogens (tertiary/aromatic N) is 1. The molecule has 0 aliphatic rings. The second kappa shape index (κ2) is 7.23.